The summed E-state index contributed by atoms with van der Waals surface area (Å²) in [6.07, 6.45) is 2.20. The Labute approximate surface area is 114 Å². The molecule has 3 rings (SSSR count). The molecule has 5 nitrogen and oxygen atoms in total. The number of hydrogen-bond acceptors (Lipinski definition) is 4. The van der Waals surface area contributed by atoms with Crippen LogP contribution in [0.3, 0.4) is 0 Å². The summed E-state index contributed by atoms with van der Waals surface area (Å²) in [7, 11) is 0. The van der Waals surface area contributed by atoms with Crippen LogP contribution in [0, 0.1) is 0 Å². The first kappa shape index (κ1) is 12.0. The van der Waals surface area contributed by atoms with E-state index in [9.17, 15) is 5.21 Å². The zero-order valence-electron chi connectivity index (χ0n) is 10.0. The minimum absolute atomic E-state index is 0.413. The third-order valence-electron chi connectivity index (χ3n) is 3.25. The van der Waals surface area contributed by atoms with Crippen molar-refractivity contribution in [1.29, 1.82) is 0 Å². The van der Waals surface area contributed by atoms with E-state index in [0.29, 0.717) is 40.8 Å². The largest absolute Gasteiger partial charge is 0.427 e. The highest BCUT2D eigenvalue weighted by atomic mass is 35.5. The normalized spacial score (nSPS) is 16.6. The fourth-order valence-electron chi connectivity index (χ4n) is 2.35. The highest BCUT2D eigenvalue weighted by molar-refractivity contribution is 6.30. The number of nitrogens with zero attached hydrogens (tertiary/aromatic N) is 3. The van der Waals surface area contributed by atoms with Crippen LogP contribution in [0.2, 0.25) is 5.02 Å². The number of hydrogen-bond donors (Lipinski definition) is 2. The van der Waals surface area contributed by atoms with Crippen LogP contribution in [0.4, 0.5) is 0 Å². The van der Waals surface area contributed by atoms with Crippen LogP contribution in [0.25, 0.3) is 11.4 Å². The van der Waals surface area contributed by atoms with Crippen molar-refractivity contribution in [2.75, 3.05) is 0 Å². The van der Waals surface area contributed by atoms with Crippen LogP contribution in [0.5, 0.6) is 0 Å². The molecular weight excluding hydrogens is 266 g/mol. The van der Waals surface area contributed by atoms with E-state index in [1.807, 2.05) is 6.07 Å². The van der Waals surface area contributed by atoms with Gasteiger partial charge in [0.1, 0.15) is 11.4 Å². The lowest BCUT2D eigenvalue weighted by Crippen LogP contribution is -2.13. The Morgan fingerprint density at radius 2 is 2.16 bits per heavy atom. The van der Waals surface area contributed by atoms with Crippen molar-refractivity contribution in [1.82, 2.24) is 9.71 Å². The number of oxime groups is 1. The molecule has 0 saturated heterocycles. The molecule has 2 N–H and O–H groups in total. The highest BCUT2D eigenvalue weighted by Gasteiger charge is 2.25. The minimum atomic E-state index is 0.413. The third kappa shape index (κ3) is 1.96. The number of fused-ring (bicyclic) bond motifs is 1. The van der Waals surface area contributed by atoms with Gasteiger partial charge in [0.2, 0.25) is 0 Å². The lowest BCUT2D eigenvalue weighted by molar-refractivity contribution is 0.181. The van der Waals surface area contributed by atoms with E-state index in [4.69, 9.17) is 16.8 Å². The van der Waals surface area contributed by atoms with Crippen LogP contribution >= 0.6 is 11.6 Å². The van der Waals surface area contributed by atoms with Gasteiger partial charge in [0.25, 0.3) is 0 Å². The molecule has 0 fully saturated rings. The van der Waals surface area contributed by atoms with Gasteiger partial charge in [-0.25, -0.2) is 4.98 Å². The maximum Gasteiger partial charge on any atom is 0.176 e. The van der Waals surface area contributed by atoms with Gasteiger partial charge in [0.15, 0.2) is 5.82 Å². The van der Waals surface area contributed by atoms with Crippen molar-refractivity contribution in [2.45, 2.75) is 19.3 Å². The number of rotatable bonds is 1. The van der Waals surface area contributed by atoms with Crippen molar-refractivity contribution < 1.29 is 10.4 Å². The zero-order chi connectivity index (χ0) is 13.4. The molecular formula is C13H12ClN3O2. The lowest BCUT2D eigenvalue weighted by Gasteiger charge is -2.11. The molecule has 1 aromatic heterocycles. The van der Waals surface area contributed by atoms with Crippen LogP contribution in [0.15, 0.2) is 29.4 Å². The monoisotopic (exact) mass is 277 g/mol. The van der Waals surface area contributed by atoms with E-state index in [1.165, 1.54) is 0 Å². The van der Waals surface area contributed by atoms with Gasteiger partial charge in [0, 0.05) is 10.6 Å². The second-order valence-corrected chi connectivity index (χ2v) is 4.89. The molecule has 0 saturated carbocycles. The van der Waals surface area contributed by atoms with Gasteiger partial charge in [-0.2, -0.15) is 4.73 Å². The summed E-state index contributed by atoms with van der Waals surface area (Å²) in [5.74, 6) is 0.413. The summed E-state index contributed by atoms with van der Waals surface area (Å²) in [4.78, 5) is 4.38. The summed E-state index contributed by atoms with van der Waals surface area (Å²) >= 11 is 5.95. The third-order valence-corrected chi connectivity index (χ3v) is 3.49. The van der Waals surface area contributed by atoms with Crippen molar-refractivity contribution >= 4 is 17.3 Å². The molecule has 1 aromatic carbocycles. The van der Waals surface area contributed by atoms with Gasteiger partial charge >= 0.3 is 0 Å². The van der Waals surface area contributed by atoms with Gasteiger partial charge in [-0.1, -0.05) is 28.9 Å². The van der Waals surface area contributed by atoms with Crippen LogP contribution in [0.1, 0.15) is 24.2 Å². The SMILES string of the molecule is O/N=C1/CCCc2c1nc(-c1cccc(Cl)c1)n2O. The molecule has 0 radical (unpaired) electrons. The first-order chi connectivity index (χ1) is 9.20. The zero-order valence-corrected chi connectivity index (χ0v) is 10.8. The summed E-state index contributed by atoms with van der Waals surface area (Å²) in [6, 6.07) is 7.11. The Morgan fingerprint density at radius 1 is 1.32 bits per heavy atom. The molecule has 1 heterocycles. The molecule has 0 unspecified atom stereocenters. The number of halogens is 1. The molecule has 0 aliphatic heterocycles. The van der Waals surface area contributed by atoms with E-state index in [-0.39, 0.29) is 0 Å². The molecule has 6 heteroatoms. The van der Waals surface area contributed by atoms with E-state index in [1.54, 1.807) is 18.2 Å². The van der Waals surface area contributed by atoms with Crippen LogP contribution in [-0.2, 0) is 6.42 Å². The van der Waals surface area contributed by atoms with Crippen LogP contribution in [-0.4, -0.2) is 25.8 Å². The molecule has 0 amide bonds. The van der Waals surface area contributed by atoms with Crippen LogP contribution < -0.4 is 0 Å². The Morgan fingerprint density at radius 3 is 2.89 bits per heavy atom. The highest BCUT2D eigenvalue weighted by Crippen LogP contribution is 2.28. The van der Waals surface area contributed by atoms with Gasteiger partial charge in [-0.15, -0.1) is 0 Å². The predicted octanol–water partition coefficient (Wildman–Crippen LogP) is 2.96. The van der Waals surface area contributed by atoms with Gasteiger partial charge < -0.3 is 10.4 Å². The topological polar surface area (TPSA) is 70.6 Å². The number of imidazole rings is 1. The standard InChI is InChI=1S/C13H12ClN3O2/c14-9-4-1-3-8(7-9)13-15-12-10(16-18)5-2-6-11(12)17(13)19/h1,3-4,7,18-19H,2,5-6H2/b16-10-. The Balaban J connectivity index is 2.17. The summed E-state index contributed by atoms with van der Waals surface area (Å²) in [6.45, 7) is 0. The van der Waals surface area contributed by atoms with Gasteiger partial charge in [0.05, 0.1) is 5.69 Å². The maximum atomic E-state index is 10.2. The molecule has 0 atom stereocenters. The quantitative estimate of drug-likeness (QED) is 0.478. The maximum absolute atomic E-state index is 10.2. The summed E-state index contributed by atoms with van der Waals surface area (Å²) in [5, 5.41) is 23.0. The van der Waals surface area contributed by atoms with Crippen molar-refractivity contribution in [3.63, 3.8) is 0 Å². The average Bonchev–Trinajstić information content (AvgIpc) is 2.76. The molecule has 1 aliphatic rings. The minimum Gasteiger partial charge on any atom is -0.427 e. The smallest absolute Gasteiger partial charge is 0.176 e. The van der Waals surface area contributed by atoms with Gasteiger partial charge in [-0.3, -0.25) is 0 Å². The lowest BCUT2D eigenvalue weighted by atomic mass is 9.99. The summed E-state index contributed by atoms with van der Waals surface area (Å²) in [5.41, 5.74) is 2.47. The van der Waals surface area contributed by atoms with E-state index in [0.717, 1.165) is 16.7 Å². The predicted molar refractivity (Wildman–Crippen MR) is 71.1 cm³/mol. The Kier molecular flexibility index (Phi) is 2.91. The summed E-state index contributed by atoms with van der Waals surface area (Å²) < 4.78 is 1.06. The first-order valence-corrected chi connectivity index (χ1v) is 6.36. The fourth-order valence-corrected chi connectivity index (χ4v) is 2.55. The second-order valence-electron chi connectivity index (χ2n) is 4.45. The molecule has 19 heavy (non-hydrogen) atoms. The van der Waals surface area contributed by atoms with E-state index in [2.05, 4.69) is 10.1 Å². The van der Waals surface area contributed by atoms with E-state index < -0.39 is 0 Å². The molecule has 1 aliphatic carbocycles. The Hall–Kier alpha value is -2.01. The number of benzene rings is 1. The van der Waals surface area contributed by atoms with E-state index >= 15 is 0 Å². The molecule has 0 bridgehead atoms. The van der Waals surface area contributed by atoms with Crippen molar-refractivity contribution in [3.05, 3.63) is 40.7 Å². The van der Waals surface area contributed by atoms with Gasteiger partial charge in [-0.05, 0) is 31.4 Å². The van der Waals surface area contributed by atoms with Crippen molar-refractivity contribution in [2.24, 2.45) is 5.16 Å². The number of aromatic nitrogens is 2. The first-order valence-electron chi connectivity index (χ1n) is 5.99. The molecule has 0 spiro atoms. The average molecular weight is 278 g/mol. The second kappa shape index (κ2) is 4.59. The van der Waals surface area contributed by atoms with Crippen molar-refractivity contribution in [3.8, 4) is 11.4 Å². The fraction of sp³-hybridized carbons (Fsp3) is 0.231. The molecule has 2 aromatic rings. The molecule has 98 valence electrons. The Bertz CT molecular complexity index is 664.